The molecule has 0 spiro atoms. The van der Waals surface area contributed by atoms with Crippen LogP contribution in [0, 0.1) is 0 Å². The van der Waals surface area contributed by atoms with Crippen LogP contribution in [-0.2, 0) is 0 Å². The van der Waals surface area contributed by atoms with E-state index in [1.807, 2.05) is 42.5 Å². The second-order valence-electron chi connectivity index (χ2n) is 5.79. The number of pyridine rings is 1. The van der Waals surface area contributed by atoms with E-state index in [-0.39, 0.29) is 5.78 Å². The molecule has 26 heavy (non-hydrogen) atoms. The Morgan fingerprint density at radius 1 is 0.846 bits per heavy atom. The Balaban J connectivity index is 1.75. The Morgan fingerprint density at radius 2 is 1.58 bits per heavy atom. The summed E-state index contributed by atoms with van der Waals surface area (Å²) in [6.45, 7) is 0. The van der Waals surface area contributed by atoms with Crippen LogP contribution in [-0.4, -0.2) is 10.8 Å². The minimum atomic E-state index is -0.0712. The van der Waals surface area contributed by atoms with Crippen LogP contribution in [0.4, 0.5) is 0 Å². The maximum Gasteiger partial charge on any atom is 0.193 e. The molecule has 3 aromatic carbocycles. The van der Waals surface area contributed by atoms with Crippen molar-refractivity contribution in [1.82, 2.24) is 4.98 Å². The molecule has 0 fully saturated rings. The maximum absolute atomic E-state index is 12.8. The summed E-state index contributed by atoms with van der Waals surface area (Å²) in [7, 11) is 0. The van der Waals surface area contributed by atoms with Gasteiger partial charge in [-0.15, -0.1) is 0 Å². The summed E-state index contributed by atoms with van der Waals surface area (Å²) in [6.07, 6.45) is 1.70. The first-order valence-corrected chi connectivity index (χ1v) is 8.50. The van der Waals surface area contributed by atoms with Gasteiger partial charge in [0.05, 0.1) is 5.52 Å². The van der Waals surface area contributed by atoms with Crippen LogP contribution in [0.1, 0.15) is 15.9 Å². The van der Waals surface area contributed by atoms with Gasteiger partial charge in [-0.3, -0.25) is 9.78 Å². The lowest BCUT2D eigenvalue weighted by Crippen LogP contribution is -2.01. The number of carbonyl (C=O) groups is 1. The predicted octanol–water partition coefficient (Wildman–Crippen LogP) is 5.91. The first-order chi connectivity index (χ1) is 12.7. The molecule has 1 heterocycles. The van der Waals surface area contributed by atoms with Gasteiger partial charge in [0.25, 0.3) is 0 Å². The van der Waals surface area contributed by atoms with Crippen molar-refractivity contribution in [2.24, 2.45) is 0 Å². The second-order valence-corrected chi connectivity index (χ2v) is 6.23. The van der Waals surface area contributed by atoms with Crippen molar-refractivity contribution in [2.75, 3.05) is 0 Å². The van der Waals surface area contributed by atoms with E-state index in [9.17, 15) is 4.79 Å². The average molecular weight is 360 g/mol. The number of hydrogen-bond acceptors (Lipinski definition) is 3. The van der Waals surface area contributed by atoms with Crippen LogP contribution in [0.15, 0.2) is 85.1 Å². The van der Waals surface area contributed by atoms with Gasteiger partial charge in [-0.1, -0.05) is 29.8 Å². The lowest BCUT2D eigenvalue weighted by molar-refractivity contribution is 0.103. The highest BCUT2D eigenvalue weighted by atomic mass is 35.5. The zero-order chi connectivity index (χ0) is 17.9. The van der Waals surface area contributed by atoms with E-state index in [4.69, 9.17) is 16.3 Å². The van der Waals surface area contributed by atoms with E-state index in [0.29, 0.717) is 21.9 Å². The number of rotatable bonds is 4. The summed E-state index contributed by atoms with van der Waals surface area (Å²) in [4.78, 5) is 17.1. The summed E-state index contributed by atoms with van der Waals surface area (Å²) in [6, 6.07) is 23.6. The van der Waals surface area contributed by atoms with Gasteiger partial charge >= 0.3 is 0 Å². The SMILES string of the molecule is O=C(c1ccc(Cl)cc1)c1ccc2nccc(Oc3ccccc3)c2c1. The molecule has 0 unspecified atom stereocenters. The minimum absolute atomic E-state index is 0.0712. The molecule has 0 atom stereocenters. The van der Waals surface area contributed by atoms with Crippen LogP contribution in [0.2, 0.25) is 5.02 Å². The minimum Gasteiger partial charge on any atom is -0.457 e. The molecule has 0 aliphatic carbocycles. The smallest absolute Gasteiger partial charge is 0.193 e. The van der Waals surface area contributed by atoms with Crippen LogP contribution in [0.25, 0.3) is 10.9 Å². The molecular formula is C22H14ClNO2. The summed E-state index contributed by atoms with van der Waals surface area (Å²) in [5.74, 6) is 1.32. The number of benzene rings is 3. The van der Waals surface area contributed by atoms with Gasteiger partial charge in [0, 0.05) is 27.7 Å². The monoisotopic (exact) mass is 359 g/mol. The van der Waals surface area contributed by atoms with Gasteiger partial charge in [0.1, 0.15) is 11.5 Å². The Kier molecular flexibility index (Phi) is 4.38. The van der Waals surface area contributed by atoms with Crippen LogP contribution in [0.3, 0.4) is 0 Å². The highest BCUT2D eigenvalue weighted by molar-refractivity contribution is 6.30. The van der Waals surface area contributed by atoms with Crippen molar-refractivity contribution in [1.29, 1.82) is 0 Å². The number of ketones is 1. The van der Waals surface area contributed by atoms with E-state index in [1.165, 1.54) is 0 Å². The van der Waals surface area contributed by atoms with Crippen molar-refractivity contribution in [3.05, 3.63) is 101 Å². The van der Waals surface area contributed by atoms with Gasteiger partial charge in [-0.05, 0) is 60.7 Å². The van der Waals surface area contributed by atoms with Crippen molar-refractivity contribution in [3.8, 4) is 11.5 Å². The van der Waals surface area contributed by atoms with Crippen LogP contribution >= 0.6 is 11.6 Å². The summed E-state index contributed by atoms with van der Waals surface area (Å²) in [5.41, 5.74) is 1.93. The van der Waals surface area contributed by atoms with Crippen molar-refractivity contribution in [3.63, 3.8) is 0 Å². The molecule has 0 saturated heterocycles. The van der Waals surface area contributed by atoms with Crippen molar-refractivity contribution in [2.45, 2.75) is 0 Å². The highest BCUT2D eigenvalue weighted by Crippen LogP contribution is 2.30. The molecule has 4 heteroatoms. The fraction of sp³-hybridized carbons (Fsp3) is 0. The zero-order valence-corrected chi connectivity index (χ0v) is 14.5. The molecule has 0 saturated carbocycles. The Hall–Kier alpha value is -3.17. The third-order valence-corrected chi connectivity index (χ3v) is 4.29. The van der Waals surface area contributed by atoms with Crippen molar-refractivity contribution < 1.29 is 9.53 Å². The largest absolute Gasteiger partial charge is 0.457 e. The molecular weight excluding hydrogens is 346 g/mol. The quantitative estimate of drug-likeness (QED) is 0.425. The van der Waals surface area contributed by atoms with Gasteiger partial charge in [0.15, 0.2) is 5.78 Å². The predicted molar refractivity (Wildman–Crippen MR) is 103 cm³/mol. The molecule has 0 aliphatic rings. The molecule has 126 valence electrons. The maximum atomic E-state index is 12.8. The fourth-order valence-corrected chi connectivity index (χ4v) is 2.86. The van der Waals surface area contributed by atoms with Gasteiger partial charge < -0.3 is 4.74 Å². The van der Waals surface area contributed by atoms with E-state index in [2.05, 4.69) is 4.98 Å². The molecule has 4 aromatic rings. The summed E-state index contributed by atoms with van der Waals surface area (Å²) in [5, 5.41) is 1.39. The molecule has 0 aliphatic heterocycles. The number of ether oxygens (including phenoxy) is 1. The Bertz CT molecular complexity index is 1080. The first kappa shape index (κ1) is 16.3. The molecule has 0 N–H and O–H groups in total. The topological polar surface area (TPSA) is 39.2 Å². The normalized spacial score (nSPS) is 10.7. The third-order valence-electron chi connectivity index (χ3n) is 4.04. The zero-order valence-electron chi connectivity index (χ0n) is 13.7. The molecule has 0 bridgehead atoms. The number of fused-ring (bicyclic) bond motifs is 1. The van der Waals surface area contributed by atoms with Gasteiger partial charge in [0.2, 0.25) is 0 Å². The lowest BCUT2D eigenvalue weighted by Gasteiger charge is -2.10. The van der Waals surface area contributed by atoms with Gasteiger partial charge in [-0.25, -0.2) is 0 Å². The summed E-state index contributed by atoms with van der Waals surface area (Å²) >= 11 is 5.90. The molecule has 4 rings (SSSR count). The van der Waals surface area contributed by atoms with E-state index in [1.54, 1.807) is 42.6 Å². The van der Waals surface area contributed by atoms with E-state index in [0.717, 1.165) is 16.7 Å². The molecule has 3 nitrogen and oxygen atoms in total. The second kappa shape index (κ2) is 6.98. The standard InChI is InChI=1S/C22H14ClNO2/c23-17-9-6-15(7-10-17)22(25)16-8-11-20-19(14-16)21(12-13-24-20)26-18-4-2-1-3-5-18/h1-14H. The Labute approximate surface area is 155 Å². The number of hydrogen-bond donors (Lipinski definition) is 0. The molecule has 1 aromatic heterocycles. The average Bonchev–Trinajstić information content (AvgIpc) is 2.69. The number of aromatic nitrogens is 1. The third kappa shape index (κ3) is 3.30. The molecule has 0 amide bonds. The van der Waals surface area contributed by atoms with E-state index >= 15 is 0 Å². The van der Waals surface area contributed by atoms with Crippen molar-refractivity contribution >= 4 is 28.3 Å². The van der Waals surface area contributed by atoms with E-state index < -0.39 is 0 Å². The number of halogens is 1. The van der Waals surface area contributed by atoms with Gasteiger partial charge in [-0.2, -0.15) is 0 Å². The lowest BCUT2D eigenvalue weighted by atomic mass is 10.0. The fourth-order valence-electron chi connectivity index (χ4n) is 2.73. The number of para-hydroxylation sites is 1. The highest BCUT2D eigenvalue weighted by Gasteiger charge is 2.12. The Morgan fingerprint density at radius 3 is 2.35 bits per heavy atom. The number of nitrogens with zero attached hydrogens (tertiary/aromatic N) is 1. The molecule has 0 radical (unpaired) electrons. The van der Waals surface area contributed by atoms with Crippen LogP contribution < -0.4 is 4.74 Å². The van der Waals surface area contributed by atoms with Crippen LogP contribution in [0.5, 0.6) is 11.5 Å². The first-order valence-electron chi connectivity index (χ1n) is 8.13. The number of carbonyl (C=O) groups excluding carboxylic acids is 1. The summed E-state index contributed by atoms with van der Waals surface area (Å²) < 4.78 is 5.98.